The van der Waals surface area contributed by atoms with Crippen LogP contribution < -0.4 is 11.1 Å². The average Bonchev–Trinajstić information content (AvgIpc) is 2.67. The van der Waals surface area contributed by atoms with Crippen LogP contribution >= 0.6 is 0 Å². The van der Waals surface area contributed by atoms with E-state index in [-0.39, 0.29) is 0 Å². The predicted molar refractivity (Wildman–Crippen MR) is 109 cm³/mol. The number of imide groups is 1. The third kappa shape index (κ3) is 15.7. The highest BCUT2D eigenvalue weighted by atomic mass is 16.3. The van der Waals surface area contributed by atoms with E-state index in [1.807, 2.05) is 5.32 Å². The second-order valence-corrected chi connectivity index (χ2v) is 7.54. The first-order chi connectivity index (χ1) is 13.0. The van der Waals surface area contributed by atoms with Crippen LogP contribution in [0.2, 0.25) is 0 Å². The van der Waals surface area contributed by atoms with Gasteiger partial charge in [-0.2, -0.15) is 0 Å². The van der Waals surface area contributed by atoms with Crippen LogP contribution in [0.25, 0.3) is 0 Å². The van der Waals surface area contributed by atoms with Crippen molar-refractivity contribution in [1.29, 1.82) is 0 Å². The fourth-order valence-corrected chi connectivity index (χ4v) is 3.04. The molecule has 0 bridgehead atoms. The summed E-state index contributed by atoms with van der Waals surface area (Å²) < 4.78 is 0. The smallest absolute Gasteiger partial charge is 0.255 e. The summed E-state index contributed by atoms with van der Waals surface area (Å²) in [7, 11) is 0. The number of nitrogens with one attached hydrogen (secondary N) is 1. The Kier molecular flexibility index (Phi) is 17.7. The number of hydrogen-bond donors (Lipinski definition) is 4. The lowest BCUT2D eigenvalue weighted by atomic mass is 10.0. The van der Waals surface area contributed by atoms with Gasteiger partial charge in [-0.3, -0.25) is 14.9 Å². The summed E-state index contributed by atoms with van der Waals surface area (Å²) >= 11 is 0. The molecule has 0 aliphatic rings. The van der Waals surface area contributed by atoms with E-state index >= 15 is 0 Å². The summed E-state index contributed by atoms with van der Waals surface area (Å²) in [5.41, 5.74) is 5.30. The van der Waals surface area contributed by atoms with Crippen LogP contribution in [0.1, 0.15) is 103 Å². The molecule has 6 heteroatoms. The molecule has 2 amide bonds. The molecule has 27 heavy (non-hydrogen) atoms. The van der Waals surface area contributed by atoms with Crippen molar-refractivity contribution in [2.75, 3.05) is 6.61 Å². The van der Waals surface area contributed by atoms with Gasteiger partial charge in [0.05, 0.1) is 6.61 Å². The molecule has 0 saturated carbocycles. The monoisotopic (exact) mass is 386 g/mol. The Bertz CT molecular complexity index is 377. The maximum absolute atomic E-state index is 11.6. The van der Waals surface area contributed by atoms with Crippen molar-refractivity contribution >= 4 is 11.8 Å². The first kappa shape index (κ1) is 26.0. The molecule has 0 saturated heterocycles. The minimum atomic E-state index is -1.20. The van der Waals surface area contributed by atoms with E-state index in [0.29, 0.717) is 6.42 Å². The molecule has 2 atom stereocenters. The fourth-order valence-electron chi connectivity index (χ4n) is 3.04. The number of rotatable bonds is 18. The van der Waals surface area contributed by atoms with Crippen molar-refractivity contribution in [2.24, 2.45) is 5.73 Å². The van der Waals surface area contributed by atoms with Crippen molar-refractivity contribution in [2.45, 2.75) is 115 Å². The van der Waals surface area contributed by atoms with E-state index in [9.17, 15) is 14.7 Å². The first-order valence-electron chi connectivity index (χ1n) is 10.9. The van der Waals surface area contributed by atoms with Crippen LogP contribution in [0.4, 0.5) is 0 Å². The van der Waals surface area contributed by atoms with Gasteiger partial charge in [0, 0.05) is 0 Å². The number of unbranched alkanes of at least 4 members (excludes halogenated alkanes) is 13. The maximum Gasteiger partial charge on any atom is 0.255 e. The fraction of sp³-hybridized carbons (Fsp3) is 0.905. The topological polar surface area (TPSA) is 113 Å². The Labute approximate surface area is 165 Å². The second-order valence-electron chi connectivity index (χ2n) is 7.54. The summed E-state index contributed by atoms with van der Waals surface area (Å²) in [6, 6.07) is -1.14. The van der Waals surface area contributed by atoms with Crippen LogP contribution in [0, 0.1) is 0 Å². The van der Waals surface area contributed by atoms with E-state index < -0.39 is 30.6 Å². The number of carbonyl (C=O) groups excluding carboxylic acids is 2. The minimum Gasteiger partial charge on any atom is -0.394 e. The lowest BCUT2D eigenvalue weighted by Gasteiger charge is -2.12. The van der Waals surface area contributed by atoms with Crippen molar-refractivity contribution in [3.05, 3.63) is 0 Å². The van der Waals surface area contributed by atoms with Crippen molar-refractivity contribution < 1.29 is 19.8 Å². The summed E-state index contributed by atoms with van der Waals surface area (Å²) in [5, 5.41) is 20.5. The zero-order valence-electron chi connectivity index (χ0n) is 17.3. The lowest BCUT2D eigenvalue weighted by molar-refractivity contribution is -0.136. The van der Waals surface area contributed by atoms with Gasteiger partial charge in [-0.15, -0.1) is 0 Å². The standard InChI is InChI=1S/C21H42N2O4/c1-2-3-4-5-6-7-8-9-10-11-12-13-14-15-16-19(25)21(27)23-20(26)18(22)17-24/h18-19,24-25H,2-17,22H2,1H3,(H,23,26,27). The molecule has 0 aromatic rings. The Hall–Kier alpha value is -0.980. The SMILES string of the molecule is CCCCCCCCCCCCCCCCC(O)C(=O)NC(=O)C(N)CO. The van der Waals surface area contributed by atoms with Crippen LogP contribution in [0.5, 0.6) is 0 Å². The molecule has 0 spiro atoms. The highest BCUT2D eigenvalue weighted by Crippen LogP contribution is 2.13. The molecule has 0 aliphatic heterocycles. The highest BCUT2D eigenvalue weighted by Gasteiger charge is 2.20. The molecule has 6 nitrogen and oxygen atoms in total. The van der Waals surface area contributed by atoms with Gasteiger partial charge in [-0.1, -0.05) is 96.8 Å². The van der Waals surface area contributed by atoms with Gasteiger partial charge in [0.25, 0.3) is 5.91 Å². The number of carbonyl (C=O) groups is 2. The molecule has 2 unspecified atom stereocenters. The molecular weight excluding hydrogens is 344 g/mol. The quantitative estimate of drug-likeness (QED) is 0.270. The van der Waals surface area contributed by atoms with Gasteiger partial charge in [0.15, 0.2) is 0 Å². The van der Waals surface area contributed by atoms with Crippen LogP contribution in [-0.4, -0.2) is 40.8 Å². The van der Waals surface area contributed by atoms with E-state index in [4.69, 9.17) is 10.8 Å². The number of amides is 2. The van der Waals surface area contributed by atoms with Gasteiger partial charge < -0.3 is 15.9 Å². The molecule has 0 aromatic heterocycles. The minimum absolute atomic E-state index is 0.339. The van der Waals surface area contributed by atoms with Crippen LogP contribution in [-0.2, 0) is 9.59 Å². The van der Waals surface area contributed by atoms with Crippen LogP contribution in [0.3, 0.4) is 0 Å². The summed E-state index contributed by atoms with van der Waals surface area (Å²) in [6.45, 7) is 1.71. The number of aliphatic hydroxyl groups is 2. The van der Waals surface area contributed by atoms with Crippen molar-refractivity contribution in [3.8, 4) is 0 Å². The van der Waals surface area contributed by atoms with Gasteiger partial charge in [0.2, 0.25) is 5.91 Å². The van der Waals surface area contributed by atoms with Gasteiger partial charge in [0.1, 0.15) is 12.1 Å². The van der Waals surface area contributed by atoms with Gasteiger partial charge in [-0.25, -0.2) is 0 Å². The first-order valence-corrected chi connectivity index (χ1v) is 10.9. The number of nitrogens with two attached hydrogens (primary N) is 1. The second kappa shape index (κ2) is 18.4. The Morgan fingerprint density at radius 3 is 1.59 bits per heavy atom. The maximum atomic E-state index is 11.6. The molecule has 0 heterocycles. The van der Waals surface area contributed by atoms with Crippen LogP contribution in [0.15, 0.2) is 0 Å². The molecule has 5 N–H and O–H groups in total. The zero-order valence-corrected chi connectivity index (χ0v) is 17.3. The number of hydrogen-bond acceptors (Lipinski definition) is 5. The summed E-state index contributed by atoms with van der Waals surface area (Å²) in [6.07, 6.45) is 16.6. The molecule has 0 radical (unpaired) electrons. The zero-order chi connectivity index (χ0) is 20.3. The average molecular weight is 387 g/mol. The highest BCUT2D eigenvalue weighted by molar-refractivity contribution is 5.99. The Morgan fingerprint density at radius 2 is 1.19 bits per heavy atom. The molecule has 0 fully saturated rings. The van der Waals surface area contributed by atoms with Gasteiger partial charge >= 0.3 is 0 Å². The summed E-state index contributed by atoms with van der Waals surface area (Å²) in [5.74, 6) is -1.50. The van der Waals surface area contributed by atoms with E-state index in [1.54, 1.807) is 0 Å². The van der Waals surface area contributed by atoms with E-state index in [0.717, 1.165) is 19.3 Å². The third-order valence-corrected chi connectivity index (χ3v) is 4.91. The Balaban J connectivity index is 3.41. The molecule has 160 valence electrons. The lowest BCUT2D eigenvalue weighted by Crippen LogP contribution is -2.48. The molecule has 0 rings (SSSR count). The molecular formula is C21H42N2O4. The largest absolute Gasteiger partial charge is 0.394 e. The van der Waals surface area contributed by atoms with Crippen molar-refractivity contribution in [1.82, 2.24) is 5.32 Å². The van der Waals surface area contributed by atoms with Gasteiger partial charge in [-0.05, 0) is 6.42 Å². The Morgan fingerprint density at radius 1 is 0.778 bits per heavy atom. The predicted octanol–water partition coefficient (Wildman–Crippen LogP) is 3.18. The third-order valence-electron chi connectivity index (χ3n) is 4.91. The molecule has 0 aromatic carbocycles. The van der Waals surface area contributed by atoms with Crippen molar-refractivity contribution in [3.63, 3.8) is 0 Å². The normalized spacial score (nSPS) is 13.3. The van der Waals surface area contributed by atoms with E-state index in [1.165, 1.54) is 70.6 Å². The molecule has 0 aliphatic carbocycles. The van der Waals surface area contributed by atoms with E-state index in [2.05, 4.69) is 6.92 Å². The number of aliphatic hydroxyl groups excluding tert-OH is 2. The summed E-state index contributed by atoms with van der Waals surface area (Å²) in [4.78, 5) is 23.0.